The van der Waals surface area contributed by atoms with E-state index < -0.39 is 0 Å². The van der Waals surface area contributed by atoms with Gasteiger partial charge in [0.05, 0.1) is 24.9 Å². The fourth-order valence-corrected chi connectivity index (χ4v) is 3.23. The van der Waals surface area contributed by atoms with Crippen LogP contribution in [0.5, 0.6) is 0 Å². The summed E-state index contributed by atoms with van der Waals surface area (Å²) in [5, 5.41) is 3.53. The first kappa shape index (κ1) is 16.7. The highest BCUT2D eigenvalue weighted by Gasteiger charge is 2.41. The number of nitrogens with zero attached hydrogens (tertiary/aromatic N) is 2. The molecule has 3 unspecified atom stereocenters. The molecule has 0 spiro atoms. The molecule has 0 aromatic heterocycles. The third-order valence-corrected chi connectivity index (χ3v) is 4.40. The van der Waals surface area contributed by atoms with Crippen LogP contribution in [0.2, 0.25) is 0 Å². The molecule has 5 heteroatoms. The van der Waals surface area contributed by atoms with Crippen molar-refractivity contribution < 1.29 is 9.53 Å². The SMILES string of the molecule is CC(C)CC1NC(C(C)C)C(=O)N1CC1CN(C)CCO1. The Balaban J connectivity index is 2.03. The maximum atomic E-state index is 12.7. The summed E-state index contributed by atoms with van der Waals surface area (Å²) in [6, 6.07) is -0.0462. The van der Waals surface area contributed by atoms with Gasteiger partial charge in [0.25, 0.3) is 0 Å². The Hall–Kier alpha value is -0.650. The van der Waals surface area contributed by atoms with E-state index in [-0.39, 0.29) is 24.2 Å². The zero-order valence-electron chi connectivity index (χ0n) is 14.1. The normalized spacial score (nSPS) is 31.7. The van der Waals surface area contributed by atoms with Gasteiger partial charge in [0.1, 0.15) is 0 Å². The van der Waals surface area contributed by atoms with Crippen LogP contribution in [-0.2, 0) is 9.53 Å². The van der Waals surface area contributed by atoms with E-state index in [9.17, 15) is 4.79 Å². The number of hydrogen-bond donors (Lipinski definition) is 1. The topological polar surface area (TPSA) is 44.8 Å². The molecule has 2 saturated heterocycles. The molecule has 0 radical (unpaired) electrons. The van der Waals surface area contributed by atoms with Crippen LogP contribution in [-0.4, -0.2) is 67.3 Å². The average Bonchev–Trinajstić information content (AvgIpc) is 2.67. The fraction of sp³-hybridized carbons (Fsp3) is 0.938. The van der Waals surface area contributed by atoms with E-state index in [1.807, 2.05) is 4.90 Å². The number of carbonyl (C=O) groups is 1. The lowest BCUT2D eigenvalue weighted by Gasteiger charge is -2.34. The molecule has 2 aliphatic rings. The average molecular weight is 297 g/mol. The van der Waals surface area contributed by atoms with Gasteiger partial charge in [-0.2, -0.15) is 0 Å². The van der Waals surface area contributed by atoms with Gasteiger partial charge in [-0.3, -0.25) is 10.1 Å². The highest BCUT2D eigenvalue weighted by atomic mass is 16.5. The van der Waals surface area contributed by atoms with Crippen LogP contribution in [0, 0.1) is 11.8 Å². The third-order valence-electron chi connectivity index (χ3n) is 4.40. The van der Waals surface area contributed by atoms with Crippen molar-refractivity contribution in [3.63, 3.8) is 0 Å². The number of carbonyl (C=O) groups excluding carboxylic acids is 1. The number of morpholine rings is 1. The Morgan fingerprint density at radius 2 is 2.05 bits per heavy atom. The number of hydrogen-bond acceptors (Lipinski definition) is 4. The summed E-state index contributed by atoms with van der Waals surface area (Å²) in [5.74, 6) is 1.14. The maximum absolute atomic E-state index is 12.7. The summed E-state index contributed by atoms with van der Waals surface area (Å²) in [4.78, 5) is 17.0. The Labute approximate surface area is 129 Å². The standard InChI is InChI=1S/C16H31N3O2/c1-11(2)8-14-17-15(12(3)4)16(20)19(14)10-13-9-18(5)6-7-21-13/h11-15,17H,6-10H2,1-5H3. The molecule has 5 nitrogen and oxygen atoms in total. The van der Waals surface area contributed by atoms with E-state index in [0.29, 0.717) is 18.4 Å². The minimum Gasteiger partial charge on any atom is -0.374 e. The molecule has 3 atom stereocenters. The smallest absolute Gasteiger partial charge is 0.241 e. The highest BCUT2D eigenvalue weighted by molar-refractivity contribution is 5.84. The third kappa shape index (κ3) is 4.18. The van der Waals surface area contributed by atoms with Crippen LogP contribution in [0.15, 0.2) is 0 Å². The summed E-state index contributed by atoms with van der Waals surface area (Å²) in [6.45, 7) is 12.0. The van der Waals surface area contributed by atoms with E-state index in [0.717, 1.165) is 26.1 Å². The largest absolute Gasteiger partial charge is 0.374 e. The molecule has 0 aromatic carbocycles. The Bertz CT molecular complexity index is 359. The van der Waals surface area contributed by atoms with Crippen molar-refractivity contribution in [1.29, 1.82) is 0 Å². The molecule has 21 heavy (non-hydrogen) atoms. The van der Waals surface area contributed by atoms with Gasteiger partial charge < -0.3 is 14.5 Å². The fourth-order valence-electron chi connectivity index (χ4n) is 3.23. The molecule has 0 saturated carbocycles. The molecule has 1 N–H and O–H groups in total. The van der Waals surface area contributed by atoms with Crippen molar-refractivity contribution >= 4 is 5.91 Å². The Kier molecular flexibility index (Phi) is 5.63. The van der Waals surface area contributed by atoms with E-state index in [2.05, 4.69) is 45.0 Å². The molecule has 122 valence electrons. The summed E-state index contributed by atoms with van der Waals surface area (Å²) < 4.78 is 5.84. The van der Waals surface area contributed by atoms with Gasteiger partial charge in [-0.05, 0) is 25.3 Å². The summed E-state index contributed by atoms with van der Waals surface area (Å²) in [7, 11) is 2.11. The number of amides is 1. The van der Waals surface area contributed by atoms with Crippen LogP contribution in [0.25, 0.3) is 0 Å². The van der Waals surface area contributed by atoms with Crippen LogP contribution >= 0.6 is 0 Å². The van der Waals surface area contributed by atoms with Crippen molar-refractivity contribution in [3.8, 4) is 0 Å². The number of nitrogens with one attached hydrogen (secondary N) is 1. The Morgan fingerprint density at radius 1 is 1.33 bits per heavy atom. The molecule has 2 fully saturated rings. The van der Waals surface area contributed by atoms with Crippen LogP contribution in [0.3, 0.4) is 0 Å². The first-order valence-electron chi connectivity index (χ1n) is 8.25. The van der Waals surface area contributed by atoms with Crippen LogP contribution in [0.1, 0.15) is 34.1 Å². The Morgan fingerprint density at radius 3 is 2.62 bits per heavy atom. The van der Waals surface area contributed by atoms with Crippen molar-refractivity contribution in [2.75, 3.05) is 33.3 Å². The van der Waals surface area contributed by atoms with Crippen molar-refractivity contribution in [1.82, 2.24) is 15.1 Å². The molecule has 2 heterocycles. The van der Waals surface area contributed by atoms with Gasteiger partial charge in [0, 0.05) is 19.6 Å². The molecular weight excluding hydrogens is 266 g/mol. The van der Waals surface area contributed by atoms with Crippen molar-refractivity contribution in [2.45, 2.75) is 52.4 Å². The lowest BCUT2D eigenvalue weighted by Crippen LogP contribution is -2.49. The van der Waals surface area contributed by atoms with Gasteiger partial charge in [-0.1, -0.05) is 27.7 Å². The molecule has 2 rings (SSSR count). The quantitative estimate of drug-likeness (QED) is 0.827. The molecule has 0 aromatic rings. The van der Waals surface area contributed by atoms with E-state index >= 15 is 0 Å². The first-order chi connectivity index (χ1) is 9.88. The van der Waals surface area contributed by atoms with E-state index in [1.54, 1.807) is 0 Å². The second-order valence-corrected chi connectivity index (χ2v) is 7.28. The number of likely N-dealkylation sites (N-methyl/N-ethyl adjacent to an activating group) is 1. The second kappa shape index (κ2) is 7.07. The van der Waals surface area contributed by atoms with E-state index in [4.69, 9.17) is 4.74 Å². The molecular formula is C16H31N3O2. The number of ether oxygens (including phenoxy) is 1. The van der Waals surface area contributed by atoms with Gasteiger partial charge in [-0.25, -0.2) is 0 Å². The van der Waals surface area contributed by atoms with Crippen LogP contribution < -0.4 is 5.32 Å². The lowest BCUT2D eigenvalue weighted by molar-refractivity contribution is -0.134. The lowest BCUT2D eigenvalue weighted by atomic mass is 10.0. The first-order valence-corrected chi connectivity index (χ1v) is 8.25. The predicted molar refractivity (Wildman–Crippen MR) is 84.0 cm³/mol. The van der Waals surface area contributed by atoms with Gasteiger partial charge in [0.15, 0.2) is 0 Å². The number of rotatable bonds is 5. The minimum absolute atomic E-state index is 0.0462. The van der Waals surface area contributed by atoms with Gasteiger partial charge in [-0.15, -0.1) is 0 Å². The van der Waals surface area contributed by atoms with Crippen molar-refractivity contribution in [3.05, 3.63) is 0 Å². The van der Waals surface area contributed by atoms with Crippen molar-refractivity contribution in [2.24, 2.45) is 11.8 Å². The molecule has 0 bridgehead atoms. The monoisotopic (exact) mass is 297 g/mol. The predicted octanol–water partition coefficient (Wildman–Crippen LogP) is 1.15. The maximum Gasteiger partial charge on any atom is 0.241 e. The molecule has 2 aliphatic heterocycles. The summed E-state index contributed by atoms with van der Waals surface area (Å²) >= 11 is 0. The van der Waals surface area contributed by atoms with Gasteiger partial charge >= 0.3 is 0 Å². The minimum atomic E-state index is -0.0462. The summed E-state index contributed by atoms with van der Waals surface area (Å²) in [5.41, 5.74) is 0. The molecule has 0 aliphatic carbocycles. The second-order valence-electron chi connectivity index (χ2n) is 7.28. The van der Waals surface area contributed by atoms with Gasteiger partial charge in [0.2, 0.25) is 5.91 Å². The zero-order chi connectivity index (χ0) is 15.6. The highest BCUT2D eigenvalue weighted by Crippen LogP contribution is 2.22. The van der Waals surface area contributed by atoms with Crippen LogP contribution in [0.4, 0.5) is 0 Å². The molecule has 1 amide bonds. The van der Waals surface area contributed by atoms with E-state index in [1.165, 1.54) is 0 Å². The zero-order valence-corrected chi connectivity index (χ0v) is 14.1. The summed E-state index contributed by atoms with van der Waals surface area (Å²) in [6.07, 6.45) is 1.29.